The number of hydrazine groups is 1. The first-order chi connectivity index (χ1) is 9.75. The number of rotatable bonds is 3. The van der Waals surface area contributed by atoms with Crippen LogP contribution in [0, 0.1) is 5.92 Å². The Morgan fingerprint density at radius 3 is 3.05 bits per heavy atom. The number of phenols is 1. The Hall–Kier alpha value is -1.92. The van der Waals surface area contributed by atoms with Crippen molar-refractivity contribution in [1.82, 2.24) is 16.3 Å². The van der Waals surface area contributed by atoms with E-state index >= 15 is 0 Å². The predicted octanol–water partition coefficient (Wildman–Crippen LogP) is 0.487. The molecule has 1 heterocycles. The quantitative estimate of drug-likeness (QED) is 0.477. The molecule has 1 saturated carbocycles. The van der Waals surface area contributed by atoms with Crippen molar-refractivity contribution in [3.8, 4) is 5.75 Å². The van der Waals surface area contributed by atoms with Gasteiger partial charge in [-0.3, -0.25) is 10.2 Å². The molecule has 3 unspecified atom stereocenters. The first-order valence-electron chi connectivity index (χ1n) is 6.87. The lowest BCUT2D eigenvalue weighted by Gasteiger charge is -2.14. The van der Waals surface area contributed by atoms with Crippen LogP contribution in [0.5, 0.6) is 5.75 Å². The van der Waals surface area contributed by atoms with Crippen molar-refractivity contribution in [2.45, 2.75) is 31.3 Å². The fraction of sp³-hybridized carbons (Fsp3) is 0.429. The molecule has 0 radical (unpaired) electrons. The Bertz CT molecular complexity index is 532. The molecule has 20 heavy (non-hydrogen) atoms. The highest BCUT2D eigenvalue weighted by molar-refractivity contribution is 5.86. The van der Waals surface area contributed by atoms with Crippen LogP contribution >= 0.6 is 0 Å². The number of carbonyl (C=O) groups is 1. The van der Waals surface area contributed by atoms with Crippen molar-refractivity contribution in [1.29, 1.82) is 0 Å². The van der Waals surface area contributed by atoms with Gasteiger partial charge in [-0.2, -0.15) is 5.10 Å². The van der Waals surface area contributed by atoms with Crippen LogP contribution in [0.2, 0.25) is 0 Å². The molecule has 4 N–H and O–H groups in total. The van der Waals surface area contributed by atoms with Crippen molar-refractivity contribution in [3.63, 3.8) is 0 Å². The molecule has 106 valence electrons. The van der Waals surface area contributed by atoms with E-state index in [0.29, 0.717) is 17.5 Å². The lowest BCUT2D eigenvalue weighted by Crippen LogP contribution is -2.44. The second-order valence-corrected chi connectivity index (χ2v) is 5.26. The van der Waals surface area contributed by atoms with Crippen LogP contribution in [0.15, 0.2) is 29.4 Å². The van der Waals surface area contributed by atoms with Gasteiger partial charge in [0.05, 0.1) is 6.21 Å². The van der Waals surface area contributed by atoms with Gasteiger partial charge in [-0.05, 0) is 25.0 Å². The number of amides is 1. The lowest BCUT2D eigenvalue weighted by molar-refractivity contribution is -0.123. The highest BCUT2D eigenvalue weighted by Gasteiger charge is 2.42. The zero-order chi connectivity index (χ0) is 13.9. The minimum absolute atomic E-state index is 0.140. The summed E-state index contributed by atoms with van der Waals surface area (Å²) >= 11 is 0. The second-order valence-electron chi connectivity index (χ2n) is 5.26. The summed E-state index contributed by atoms with van der Waals surface area (Å²) in [6, 6.07) is 7.01. The van der Waals surface area contributed by atoms with Gasteiger partial charge in [0.25, 0.3) is 5.91 Å². The van der Waals surface area contributed by atoms with Crippen molar-refractivity contribution in [2.75, 3.05) is 0 Å². The molecule has 1 aromatic rings. The maximum atomic E-state index is 12.1. The molecule has 6 nitrogen and oxygen atoms in total. The van der Waals surface area contributed by atoms with Gasteiger partial charge >= 0.3 is 0 Å². The Labute approximate surface area is 117 Å². The van der Waals surface area contributed by atoms with Gasteiger partial charge in [0, 0.05) is 17.5 Å². The molecule has 0 aromatic heterocycles. The lowest BCUT2D eigenvalue weighted by atomic mass is 9.97. The molecule has 3 atom stereocenters. The Kier molecular flexibility index (Phi) is 3.66. The Morgan fingerprint density at radius 2 is 2.20 bits per heavy atom. The second kappa shape index (κ2) is 5.60. The van der Waals surface area contributed by atoms with Gasteiger partial charge in [0.15, 0.2) is 0 Å². The average molecular weight is 274 g/mol. The summed E-state index contributed by atoms with van der Waals surface area (Å²) in [6.07, 6.45) is 4.78. The van der Waals surface area contributed by atoms with E-state index in [1.807, 2.05) is 0 Å². The molecule has 1 aromatic carbocycles. The normalized spacial score (nSPS) is 28.7. The van der Waals surface area contributed by atoms with Crippen LogP contribution in [0.25, 0.3) is 0 Å². The van der Waals surface area contributed by atoms with Crippen molar-refractivity contribution in [3.05, 3.63) is 29.8 Å². The van der Waals surface area contributed by atoms with Crippen LogP contribution in [0.1, 0.15) is 24.8 Å². The summed E-state index contributed by atoms with van der Waals surface area (Å²) in [5, 5.41) is 13.5. The van der Waals surface area contributed by atoms with Crippen LogP contribution in [-0.4, -0.2) is 29.3 Å². The number of hydrazone groups is 1. The van der Waals surface area contributed by atoms with E-state index in [2.05, 4.69) is 21.4 Å². The van der Waals surface area contributed by atoms with Gasteiger partial charge in [0.2, 0.25) is 0 Å². The van der Waals surface area contributed by atoms with Gasteiger partial charge < -0.3 is 5.11 Å². The number of hydrogen-bond donors (Lipinski definition) is 4. The smallest absolute Gasteiger partial charge is 0.258 e. The molecule has 2 aliphatic rings. The van der Waals surface area contributed by atoms with Crippen molar-refractivity contribution >= 4 is 12.1 Å². The van der Waals surface area contributed by atoms with E-state index in [1.54, 1.807) is 24.3 Å². The number of nitrogens with one attached hydrogen (secondary N) is 3. The number of para-hydroxylation sites is 1. The monoisotopic (exact) mass is 274 g/mol. The van der Waals surface area contributed by atoms with E-state index in [9.17, 15) is 9.90 Å². The number of nitrogens with zero attached hydrogens (tertiary/aromatic N) is 1. The van der Waals surface area contributed by atoms with E-state index in [4.69, 9.17) is 0 Å². The maximum absolute atomic E-state index is 12.1. The van der Waals surface area contributed by atoms with Gasteiger partial charge in [0.1, 0.15) is 11.8 Å². The van der Waals surface area contributed by atoms with E-state index in [-0.39, 0.29) is 17.7 Å². The first-order valence-corrected chi connectivity index (χ1v) is 6.87. The highest BCUT2D eigenvalue weighted by Crippen LogP contribution is 2.31. The topological polar surface area (TPSA) is 85.8 Å². The van der Waals surface area contributed by atoms with E-state index in [0.717, 1.165) is 19.3 Å². The van der Waals surface area contributed by atoms with Crippen LogP contribution in [0.4, 0.5) is 0 Å². The molecule has 1 aliphatic carbocycles. The molecule has 0 bridgehead atoms. The summed E-state index contributed by atoms with van der Waals surface area (Å²) in [4.78, 5) is 12.1. The number of aromatic hydroxyl groups is 1. The summed E-state index contributed by atoms with van der Waals surface area (Å²) < 4.78 is 0. The molecule has 1 aliphatic heterocycles. The van der Waals surface area contributed by atoms with Crippen molar-refractivity contribution in [2.24, 2.45) is 11.0 Å². The fourth-order valence-electron chi connectivity index (χ4n) is 2.96. The number of hydrogen-bond acceptors (Lipinski definition) is 5. The molecule has 6 heteroatoms. The van der Waals surface area contributed by atoms with Crippen LogP contribution in [-0.2, 0) is 4.79 Å². The summed E-state index contributed by atoms with van der Waals surface area (Å²) in [7, 11) is 0. The zero-order valence-corrected chi connectivity index (χ0v) is 11.0. The maximum Gasteiger partial charge on any atom is 0.258 e. The molecule has 2 fully saturated rings. The fourth-order valence-corrected chi connectivity index (χ4v) is 2.96. The largest absolute Gasteiger partial charge is 0.507 e. The predicted molar refractivity (Wildman–Crippen MR) is 75.0 cm³/mol. The number of phenolic OH excluding ortho intramolecular Hbond substituents is 1. The van der Waals surface area contributed by atoms with Gasteiger partial charge in [-0.1, -0.05) is 18.6 Å². The standard InChI is InChI=1S/C14H18N4O2/c19-12-7-2-1-4-9(12)8-15-18-14(20)13-10-5-3-6-11(10)16-17-13/h1-2,4,7-8,10-11,13,16-17,19H,3,5-6H2,(H,18,20)/b15-8+. The summed E-state index contributed by atoms with van der Waals surface area (Å²) in [5.41, 5.74) is 9.30. The molecular formula is C14H18N4O2. The number of fused-ring (bicyclic) bond motifs is 1. The third-order valence-corrected chi connectivity index (χ3v) is 4.02. The van der Waals surface area contributed by atoms with E-state index in [1.165, 1.54) is 6.21 Å². The van der Waals surface area contributed by atoms with Gasteiger partial charge in [-0.15, -0.1) is 0 Å². The third kappa shape index (κ3) is 2.52. The Balaban J connectivity index is 1.58. The zero-order valence-electron chi connectivity index (χ0n) is 11.0. The van der Waals surface area contributed by atoms with Crippen molar-refractivity contribution < 1.29 is 9.90 Å². The SMILES string of the molecule is O=C(N/N=C/c1ccccc1O)C1NNC2CCCC21. The molecular weight excluding hydrogens is 256 g/mol. The third-order valence-electron chi connectivity index (χ3n) is 4.02. The van der Waals surface area contributed by atoms with Crippen LogP contribution in [0.3, 0.4) is 0 Å². The first kappa shape index (κ1) is 13.1. The average Bonchev–Trinajstić information content (AvgIpc) is 3.03. The number of benzene rings is 1. The highest BCUT2D eigenvalue weighted by atomic mass is 16.3. The summed E-state index contributed by atoms with van der Waals surface area (Å²) in [5.74, 6) is 0.343. The number of carbonyl (C=O) groups excluding carboxylic acids is 1. The minimum Gasteiger partial charge on any atom is -0.507 e. The molecule has 1 saturated heterocycles. The summed E-state index contributed by atoms with van der Waals surface area (Å²) in [6.45, 7) is 0. The van der Waals surface area contributed by atoms with Gasteiger partial charge in [-0.25, -0.2) is 10.9 Å². The molecule has 1 amide bonds. The molecule has 0 spiro atoms. The molecule has 3 rings (SSSR count). The van der Waals surface area contributed by atoms with E-state index < -0.39 is 0 Å². The minimum atomic E-state index is -0.232. The Morgan fingerprint density at radius 1 is 1.35 bits per heavy atom. The van der Waals surface area contributed by atoms with Crippen LogP contribution < -0.4 is 16.3 Å².